The molecule has 0 atom stereocenters. The van der Waals surface area contributed by atoms with Crippen molar-refractivity contribution in [2.45, 2.75) is 38.7 Å². The predicted molar refractivity (Wildman–Crippen MR) is 69.4 cm³/mol. The lowest BCUT2D eigenvalue weighted by molar-refractivity contribution is 0.125. The van der Waals surface area contributed by atoms with E-state index in [2.05, 4.69) is 6.92 Å². The first-order valence-electron chi connectivity index (χ1n) is 6.47. The number of nitrogens with two attached hydrogens (primary N) is 1. The van der Waals surface area contributed by atoms with Crippen molar-refractivity contribution in [1.29, 1.82) is 5.41 Å². The fourth-order valence-corrected chi connectivity index (χ4v) is 2.34. The average Bonchev–Trinajstić information content (AvgIpc) is 2.35. The number of rotatable bonds is 3. The second kappa shape index (κ2) is 5.55. The summed E-state index contributed by atoms with van der Waals surface area (Å²) in [7, 11) is 0. The van der Waals surface area contributed by atoms with Crippen molar-refractivity contribution in [3.05, 3.63) is 29.3 Å². The summed E-state index contributed by atoms with van der Waals surface area (Å²) in [6, 6.07) is 2.07. The Labute approximate surface area is 111 Å². The zero-order valence-corrected chi connectivity index (χ0v) is 10.9. The summed E-state index contributed by atoms with van der Waals surface area (Å²) in [4.78, 5) is 0. The average molecular weight is 268 g/mol. The molecule has 3 N–H and O–H groups in total. The highest BCUT2D eigenvalue weighted by Crippen LogP contribution is 2.30. The van der Waals surface area contributed by atoms with Crippen LogP contribution >= 0.6 is 0 Å². The van der Waals surface area contributed by atoms with E-state index in [0.717, 1.165) is 37.8 Å². The van der Waals surface area contributed by atoms with Gasteiger partial charge in [-0.15, -0.1) is 0 Å². The summed E-state index contributed by atoms with van der Waals surface area (Å²) in [5, 5.41) is 7.18. The van der Waals surface area contributed by atoms with Gasteiger partial charge in [-0.2, -0.15) is 0 Å². The van der Waals surface area contributed by atoms with E-state index in [1.54, 1.807) is 0 Å². The zero-order chi connectivity index (χ0) is 14.0. The van der Waals surface area contributed by atoms with Gasteiger partial charge in [0.25, 0.3) is 0 Å². The van der Waals surface area contributed by atoms with E-state index in [9.17, 15) is 8.78 Å². The third kappa shape index (κ3) is 3.22. The molecule has 19 heavy (non-hydrogen) atoms. The highest BCUT2D eigenvalue weighted by atomic mass is 19.1. The number of nitrogens with one attached hydrogen (secondary N) is 1. The standard InChI is InChI=1S/C14H18F2N2O/c1-8-2-4-10(5-3-8)19-13-11(15)6-9(14(17)18)7-12(13)16/h6-8,10H,2-5H2,1H3,(H3,17,18). The SMILES string of the molecule is CC1CCC(Oc2c(F)cc(C(=N)N)cc2F)CC1. The van der Waals surface area contributed by atoms with Gasteiger partial charge in [-0.05, 0) is 43.7 Å². The van der Waals surface area contributed by atoms with Crippen LogP contribution in [0.4, 0.5) is 8.78 Å². The fraction of sp³-hybridized carbons (Fsp3) is 0.500. The number of benzene rings is 1. The number of hydrogen-bond donors (Lipinski definition) is 2. The van der Waals surface area contributed by atoms with Crippen LogP contribution < -0.4 is 10.5 Å². The molecular weight excluding hydrogens is 250 g/mol. The van der Waals surface area contributed by atoms with Gasteiger partial charge in [0.05, 0.1) is 6.10 Å². The number of nitrogen functional groups attached to an aromatic ring is 1. The van der Waals surface area contributed by atoms with Crippen molar-refractivity contribution in [3.8, 4) is 5.75 Å². The first kappa shape index (κ1) is 13.8. The highest BCUT2D eigenvalue weighted by molar-refractivity contribution is 5.95. The van der Waals surface area contributed by atoms with Crippen molar-refractivity contribution in [3.63, 3.8) is 0 Å². The van der Waals surface area contributed by atoms with Crippen molar-refractivity contribution >= 4 is 5.84 Å². The lowest BCUT2D eigenvalue weighted by Gasteiger charge is -2.27. The van der Waals surface area contributed by atoms with E-state index in [0.29, 0.717) is 5.92 Å². The first-order chi connectivity index (χ1) is 8.97. The maximum Gasteiger partial charge on any atom is 0.191 e. The van der Waals surface area contributed by atoms with Gasteiger partial charge in [0, 0.05) is 5.56 Å². The molecule has 0 aromatic heterocycles. The Kier molecular flexibility index (Phi) is 4.02. The largest absolute Gasteiger partial charge is 0.484 e. The molecule has 0 unspecified atom stereocenters. The first-order valence-corrected chi connectivity index (χ1v) is 6.47. The van der Waals surface area contributed by atoms with Gasteiger partial charge >= 0.3 is 0 Å². The second-order valence-electron chi connectivity index (χ2n) is 5.18. The molecule has 2 rings (SSSR count). The van der Waals surface area contributed by atoms with Gasteiger partial charge in [-0.25, -0.2) is 8.78 Å². The Balaban J connectivity index is 2.14. The van der Waals surface area contributed by atoms with Gasteiger partial charge in [0.2, 0.25) is 0 Å². The molecule has 0 amide bonds. The Bertz CT molecular complexity index is 459. The van der Waals surface area contributed by atoms with E-state index >= 15 is 0 Å². The number of hydrogen-bond acceptors (Lipinski definition) is 2. The third-order valence-corrected chi connectivity index (χ3v) is 3.56. The molecule has 1 saturated carbocycles. The minimum absolute atomic E-state index is 0.0274. The highest BCUT2D eigenvalue weighted by Gasteiger charge is 2.23. The summed E-state index contributed by atoms with van der Waals surface area (Å²) in [6.45, 7) is 2.17. The summed E-state index contributed by atoms with van der Waals surface area (Å²) >= 11 is 0. The normalized spacial score (nSPS) is 23.1. The lowest BCUT2D eigenvalue weighted by Crippen LogP contribution is -2.24. The van der Waals surface area contributed by atoms with Crippen molar-refractivity contribution in [2.75, 3.05) is 0 Å². The van der Waals surface area contributed by atoms with E-state index in [-0.39, 0.29) is 23.3 Å². The molecule has 0 radical (unpaired) electrons. The molecule has 0 bridgehead atoms. The molecule has 1 aromatic rings. The predicted octanol–water partition coefficient (Wildman–Crippen LogP) is 3.21. The van der Waals surface area contributed by atoms with Crippen LogP contribution in [-0.4, -0.2) is 11.9 Å². The van der Waals surface area contributed by atoms with Crippen LogP contribution in [-0.2, 0) is 0 Å². The van der Waals surface area contributed by atoms with Crippen LogP contribution in [0.15, 0.2) is 12.1 Å². The molecule has 1 aliphatic carbocycles. The number of halogens is 2. The summed E-state index contributed by atoms with van der Waals surface area (Å²) in [5.74, 6) is -1.68. The molecule has 0 aliphatic heterocycles. The van der Waals surface area contributed by atoms with Gasteiger partial charge in [0.15, 0.2) is 17.4 Å². The fourth-order valence-electron chi connectivity index (χ4n) is 2.34. The smallest absolute Gasteiger partial charge is 0.191 e. The Morgan fingerprint density at radius 1 is 1.21 bits per heavy atom. The maximum absolute atomic E-state index is 13.8. The van der Waals surface area contributed by atoms with Gasteiger partial charge in [-0.1, -0.05) is 6.92 Å². The molecule has 0 spiro atoms. The zero-order valence-electron chi connectivity index (χ0n) is 10.9. The van der Waals surface area contributed by atoms with E-state index < -0.39 is 11.6 Å². The Morgan fingerprint density at radius 2 is 1.74 bits per heavy atom. The van der Waals surface area contributed by atoms with E-state index in [1.165, 1.54) is 0 Å². The van der Waals surface area contributed by atoms with E-state index in [1.807, 2.05) is 0 Å². The molecule has 1 aromatic carbocycles. The monoisotopic (exact) mass is 268 g/mol. The quantitative estimate of drug-likeness (QED) is 0.653. The van der Waals surface area contributed by atoms with Crippen LogP contribution in [0.3, 0.4) is 0 Å². The van der Waals surface area contributed by atoms with Crippen LogP contribution in [0, 0.1) is 23.0 Å². The number of amidine groups is 1. The van der Waals surface area contributed by atoms with Crippen LogP contribution in [0.25, 0.3) is 0 Å². The number of ether oxygens (including phenoxy) is 1. The van der Waals surface area contributed by atoms with Crippen LogP contribution in [0.5, 0.6) is 5.75 Å². The van der Waals surface area contributed by atoms with Gasteiger partial charge in [-0.3, -0.25) is 5.41 Å². The lowest BCUT2D eigenvalue weighted by atomic mass is 9.89. The summed E-state index contributed by atoms with van der Waals surface area (Å²) < 4.78 is 33.0. The van der Waals surface area contributed by atoms with Crippen molar-refractivity contribution in [2.24, 2.45) is 11.7 Å². The minimum atomic E-state index is -0.802. The Morgan fingerprint density at radius 3 is 2.21 bits per heavy atom. The molecular formula is C14H18F2N2O. The molecule has 1 aliphatic rings. The second-order valence-corrected chi connectivity index (χ2v) is 5.18. The topological polar surface area (TPSA) is 59.1 Å². The third-order valence-electron chi connectivity index (χ3n) is 3.56. The molecule has 0 saturated heterocycles. The molecule has 5 heteroatoms. The van der Waals surface area contributed by atoms with E-state index in [4.69, 9.17) is 15.9 Å². The molecule has 1 fully saturated rings. The molecule has 0 heterocycles. The molecule has 104 valence electrons. The molecule has 3 nitrogen and oxygen atoms in total. The van der Waals surface area contributed by atoms with Crippen molar-refractivity contribution < 1.29 is 13.5 Å². The maximum atomic E-state index is 13.8. The summed E-state index contributed by atoms with van der Waals surface area (Å²) in [6.07, 6.45) is 3.52. The van der Waals surface area contributed by atoms with Crippen LogP contribution in [0.2, 0.25) is 0 Å². The minimum Gasteiger partial charge on any atom is -0.484 e. The summed E-state index contributed by atoms with van der Waals surface area (Å²) in [5.41, 5.74) is 5.24. The Hall–Kier alpha value is -1.65. The van der Waals surface area contributed by atoms with Crippen molar-refractivity contribution in [1.82, 2.24) is 0 Å². The van der Waals surface area contributed by atoms with Gasteiger partial charge in [0.1, 0.15) is 5.84 Å². The van der Waals surface area contributed by atoms with Crippen LogP contribution in [0.1, 0.15) is 38.2 Å². The van der Waals surface area contributed by atoms with Gasteiger partial charge < -0.3 is 10.5 Å².